The molecule has 0 aromatic rings. The average Bonchev–Trinajstić information content (AvgIpc) is 3.38. The third kappa shape index (κ3) is 57.7. The number of esters is 3. The normalized spacial score (nSPS) is 12.5. The molecule has 0 aliphatic rings. The minimum absolute atomic E-state index is 0.0797. The van der Waals surface area contributed by atoms with Crippen LogP contribution in [0, 0.1) is 0 Å². The Morgan fingerprint density at radius 1 is 0.292 bits per heavy atom. The molecule has 0 saturated heterocycles. The number of hydrogen-bond acceptors (Lipinski definition) is 6. The maximum Gasteiger partial charge on any atom is 0.306 e. The van der Waals surface area contributed by atoms with E-state index in [4.69, 9.17) is 14.2 Å². The minimum atomic E-state index is -0.781. The Balaban J connectivity index is 4.07. The molecule has 0 N–H and O–H groups in total. The summed E-state index contributed by atoms with van der Waals surface area (Å²) in [6.45, 7) is 6.49. The zero-order chi connectivity index (χ0) is 52.2. The van der Waals surface area contributed by atoms with Crippen LogP contribution in [-0.2, 0) is 28.6 Å². The molecule has 0 amide bonds. The summed E-state index contributed by atoms with van der Waals surface area (Å²) in [6, 6.07) is 0. The van der Waals surface area contributed by atoms with Gasteiger partial charge in [0.15, 0.2) is 6.10 Å². The minimum Gasteiger partial charge on any atom is -0.462 e. The van der Waals surface area contributed by atoms with E-state index in [-0.39, 0.29) is 31.1 Å². The lowest BCUT2D eigenvalue weighted by molar-refractivity contribution is -0.167. The topological polar surface area (TPSA) is 78.9 Å². The van der Waals surface area contributed by atoms with Gasteiger partial charge in [-0.3, -0.25) is 14.4 Å². The Morgan fingerprint density at radius 3 is 0.847 bits per heavy atom. The molecule has 1 atom stereocenters. The zero-order valence-corrected chi connectivity index (χ0v) is 47.7. The van der Waals surface area contributed by atoms with Crippen molar-refractivity contribution in [1.29, 1.82) is 0 Å². The van der Waals surface area contributed by atoms with E-state index >= 15 is 0 Å². The van der Waals surface area contributed by atoms with E-state index < -0.39 is 6.10 Å². The van der Waals surface area contributed by atoms with Crippen LogP contribution < -0.4 is 0 Å². The van der Waals surface area contributed by atoms with Gasteiger partial charge < -0.3 is 14.2 Å². The first-order valence-electron chi connectivity index (χ1n) is 30.9. The average molecular weight is 1010 g/mol. The van der Waals surface area contributed by atoms with Crippen LogP contribution >= 0.6 is 0 Å². The van der Waals surface area contributed by atoms with E-state index in [2.05, 4.69) is 93.7 Å². The van der Waals surface area contributed by atoms with E-state index in [1.54, 1.807) is 0 Å². The van der Waals surface area contributed by atoms with Crippen LogP contribution in [-0.4, -0.2) is 37.2 Å². The first-order chi connectivity index (χ1) is 35.5. The van der Waals surface area contributed by atoms with Crippen molar-refractivity contribution in [3.05, 3.63) is 72.9 Å². The quantitative estimate of drug-likeness (QED) is 0.0261. The molecule has 0 aromatic heterocycles. The number of carbonyl (C=O) groups excluding carboxylic acids is 3. The van der Waals surface area contributed by atoms with Crippen molar-refractivity contribution < 1.29 is 28.6 Å². The first kappa shape index (κ1) is 68.8. The van der Waals surface area contributed by atoms with Gasteiger partial charge in [-0.05, 0) is 89.9 Å². The summed E-state index contributed by atoms with van der Waals surface area (Å²) in [5.74, 6) is -0.891. The van der Waals surface area contributed by atoms with Crippen molar-refractivity contribution in [2.24, 2.45) is 0 Å². The van der Waals surface area contributed by atoms with Crippen LogP contribution in [0.5, 0.6) is 0 Å². The summed E-state index contributed by atoms with van der Waals surface area (Å²) in [5.41, 5.74) is 0. The predicted molar refractivity (Wildman–Crippen MR) is 311 cm³/mol. The number of hydrogen-bond donors (Lipinski definition) is 0. The lowest BCUT2D eigenvalue weighted by Crippen LogP contribution is -2.30. The van der Waals surface area contributed by atoms with Crippen LogP contribution in [0.2, 0.25) is 0 Å². The molecule has 0 radical (unpaired) electrons. The molecule has 0 saturated carbocycles. The molecule has 72 heavy (non-hydrogen) atoms. The number of ether oxygens (including phenoxy) is 3. The molecule has 0 spiro atoms. The fourth-order valence-corrected chi connectivity index (χ4v) is 8.82. The number of allylic oxidation sites excluding steroid dienone is 12. The highest BCUT2D eigenvalue weighted by molar-refractivity contribution is 5.71. The second-order valence-corrected chi connectivity index (χ2v) is 20.6. The molecule has 416 valence electrons. The summed E-state index contributed by atoms with van der Waals surface area (Å²) in [4.78, 5) is 38.0. The van der Waals surface area contributed by atoms with Crippen LogP contribution in [0.15, 0.2) is 72.9 Å². The molecule has 0 aliphatic carbocycles. The summed E-state index contributed by atoms with van der Waals surface area (Å²) in [5, 5.41) is 0. The van der Waals surface area contributed by atoms with Crippen molar-refractivity contribution in [3.8, 4) is 0 Å². The van der Waals surface area contributed by atoms with E-state index in [1.165, 1.54) is 161 Å². The molecular weight excluding hydrogens is 889 g/mol. The van der Waals surface area contributed by atoms with Crippen molar-refractivity contribution in [2.45, 2.75) is 316 Å². The lowest BCUT2D eigenvalue weighted by atomic mass is 10.0. The monoisotopic (exact) mass is 1000 g/mol. The van der Waals surface area contributed by atoms with Crippen LogP contribution in [0.25, 0.3) is 0 Å². The van der Waals surface area contributed by atoms with Gasteiger partial charge in [0.1, 0.15) is 13.2 Å². The van der Waals surface area contributed by atoms with Crippen molar-refractivity contribution >= 4 is 17.9 Å². The van der Waals surface area contributed by atoms with Crippen LogP contribution in [0.3, 0.4) is 0 Å². The summed E-state index contributed by atoms with van der Waals surface area (Å²) in [7, 11) is 0. The molecule has 1 unspecified atom stereocenters. The summed E-state index contributed by atoms with van der Waals surface area (Å²) in [6.07, 6.45) is 77.9. The maximum atomic E-state index is 12.8. The lowest BCUT2D eigenvalue weighted by Gasteiger charge is -2.18. The van der Waals surface area contributed by atoms with E-state index in [0.29, 0.717) is 19.3 Å². The maximum absolute atomic E-state index is 12.8. The number of rotatable bonds is 56. The fourth-order valence-electron chi connectivity index (χ4n) is 8.82. The Kier molecular flexibility index (Phi) is 57.8. The summed E-state index contributed by atoms with van der Waals surface area (Å²) >= 11 is 0. The smallest absolute Gasteiger partial charge is 0.306 e. The van der Waals surface area contributed by atoms with E-state index in [9.17, 15) is 14.4 Å². The molecule has 0 rings (SSSR count). The van der Waals surface area contributed by atoms with Crippen molar-refractivity contribution in [3.63, 3.8) is 0 Å². The second kappa shape index (κ2) is 60.4. The van der Waals surface area contributed by atoms with Gasteiger partial charge in [-0.1, -0.05) is 273 Å². The van der Waals surface area contributed by atoms with E-state index in [0.717, 1.165) is 109 Å². The van der Waals surface area contributed by atoms with Gasteiger partial charge in [0, 0.05) is 19.3 Å². The first-order valence-corrected chi connectivity index (χ1v) is 30.9. The molecular formula is C66H116O6. The zero-order valence-electron chi connectivity index (χ0n) is 47.7. The largest absolute Gasteiger partial charge is 0.462 e. The van der Waals surface area contributed by atoms with Crippen LogP contribution in [0.1, 0.15) is 310 Å². The Labute approximate surface area is 446 Å². The molecule has 6 heteroatoms. The number of carbonyl (C=O) groups is 3. The third-order valence-electron chi connectivity index (χ3n) is 13.4. The molecule has 0 aromatic carbocycles. The standard InChI is InChI=1S/C66H116O6/c1-4-7-10-13-16-19-21-23-25-26-27-28-29-30-31-32-33-34-35-36-37-38-39-40-42-43-45-47-50-53-56-59-65(68)71-62-63(61-70-64(67)58-55-52-49-18-15-12-9-6-3)72-66(69)60-57-54-51-48-46-44-41-24-22-20-17-14-11-8-5-2/h8,11,17,20-21,23-24,26-27,29-30,41,63H,4-7,9-10,12-16,18-19,22,25,28,31-40,42-62H2,1-3H3/b11-8-,20-17-,23-21-,27-26-,30-29-,41-24-. The Hall–Kier alpha value is -3.15. The molecule has 0 bridgehead atoms. The molecule has 0 heterocycles. The van der Waals surface area contributed by atoms with E-state index in [1.807, 2.05) is 0 Å². The molecule has 0 fully saturated rings. The van der Waals surface area contributed by atoms with Gasteiger partial charge in [-0.15, -0.1) is 0 Å². The Morgan fingerprint density at radius 2 is 0.542 bits per heavy atom. The van der Waals surface area contributed by atoms with Gasteiger partial charge in [0.05, 0.1) is 0 Å². The fraction of sp³-hybridized carbons (Fsp3) is 0.773. The molecule has 0 aliphatic heterocycles. The Bertz CT molecular complexity index is 1340. The number of unbranched alkanes of at least 4 members (excludes halogenated alkanes) is 33. The van der Waals surface area contributed by atoms with Gasteiger partial charge in [-0.2, -0.15) is 0 Å². The van der Waals surface area contributed by atoms with Gasteiger partial charge in [0.2, 0.25) is 0 Å². The van der Waals surface area contributed by atoms with Crippen molar-refractivity contribution in [1.82, 2.24) is 0 Å². The highest BCUT2D eigenvalue weighted by Crippen LogP contribution is 2.16. The van der Waals surface area contributed by atoms with Gasteiger partial charge >= 0.3 is 17.9 Å². The predicted octanol–water partition coefficient (Wildman–Crippen LogP) is 20.9. The van der Waals surface area contributed by atoms with Crippen molar-refractivity contribution in [2.75, 3.05) is 13.2 Å². The highest BCUT2D eigenvalue weighted by Gasteiger charge is 2.19. The summed E-state index contributed by atoms with van der Waals surface area (Å²) < 4.78 is 16.8. The van der Waals surface area contributed by atoms with Gasteiger partial charge in [-0.25, -0.2) is 0 Å². The van der Waals surface area contributed by atoms with Crippen LogP contribution in [0.4, 0.5) is 0 Å². The SMILES string of the molecule is CC/C=C\C/C=C\C/C=C\CCCCCCCC(=O)OC(COC(=O)CCCCCCCCCC)COC(=O)CCCCCCCCCCCCCCCCCC/C=C\C/C=C\C/C=C\CCCCCCC. The highest BCUT2D eigenvalue weighted by atomic mass is 16.6. The third-order valence-corrected chi connectivity index (χ3v) is 13.4. The van der Waals surface area contributed by atoms with Gasteiger partial charge in [0.25, 0.3) is 0 Å². The molecule has 6 nitrogen and oxygen atoms in total. The second-order valence-electron chi connectivity index (χ2n) is 20.6.